The van der Waals surface area contributed by atoms with Crippen LogP contribution >= 0.6 is 11.8 Å². The van der Waals surface area contributed by atoms with Crippen LogP contribution in [0.5, 0.6) is 0 Å². The first-order valence-electron chi connectivity index (χ1n) is 9.02. The van der Waals surface area contributed by atoms with E-state index in [-0.39, 0.29) is 5.91 Å². The van der Waals surface area contributed by atoms with E-state index in [0.717, 1.165) is 24.0 Å². The van der Waals surface area contributed by atoms with E-state index in [0.29, 0.717) is 17.7 Å². The van der Waals surface area contributed by atoms with Crippen molar-refractivity contribution in [2.45, 2.75) is 32.2 Å². The summed E-state index contributed by atoms with van der Waals surface area (Å²) in [5.74, 6) is -0.249. The van der Waals surface area contributed by atoms with E-state index in [4.69, 9.17) is 5.21 Å². The Labute approximate surface area is 164 Å². The molecular formula is C21H26N2O3S. The van der Waals surface area contributed by atoms with Crippen LogP contribution in [-0.2, 0) is 11.2 Å². The SMILES string of the molecule is CCCc1ccc(-c2ccc(C(=O)N[C@@H](CCSC)C(=O)NO)cc2)cc1. The van der Waals surface area contributed by atoms with Gasteiger partial charge in [0.1, 0.15) is 6.04 Å². The number of rotatable bonds is 9. The van der Waals surface area contributed by atoms with Gasteiger partial charge in [-0.25, -0.2) is 5.48 Å². The van der Waals surface area contributed by atoms with E-state index in [1.54, 1.807) is 29.4 Å². The molecule has 27 heavy (non-hydrogen) atoms. The Morgan fingerprint density at radius 3 is 2.15 bits per heavy atom. The summed E-state index contributed by atoms with van der Waals surface area (Å²) >= 11 is 1.57. The smallest absolute Gasteiger partial charge is 0.265 e. The zero-order chi connectivity index (χ0) is 19.6. The molecule has 2 rings (SSSR count). The molecule has 0 aromatic heterocycles. The molecule has 3 N–H and O–H groups in total. The third-order valence-corrected chi connectivity index (χ3v) is 4.96. The van der Waals surface area contributed by atoms with Gasteiger partial charge < -0.3 is 5.32 Å². The summed E-state index contributed by atoms with van der Waals surface area (Å²) in [6.07, 6.45) is 4.55. The van der Waals surface area contributed by atoms with Crippen molar-refractivity contribution >= 4 is 23.6 Å². The van der Waals surface area contributed by atoms with Crippen molar-refractivity contribution in [1.29, 1.82) is 0 Å². The first-order valence-corrected chi connectivity index (χ1v) is 10.4. The molecule has 0 heterocycles. The first-order chi connectivity index (χ1) is 13.1. The summed E-state index contributed by atoms with van der Waals surface area (Å²) in [6, 6.07) is 14.9. The minimum absolute atomic E-state index is 0.338. The topological polar surface area (TPSA) is 78.4 Å². The highest BCUT2D eigenvalue weighted by molar-refractivity contribution is 7.98. The minimum atomic E-state index is -0.763. The molecule has 2 aromatic rings. The second-order valence-corrected chi connectivity index (χ2v) is 7.29. The van der Waals surface area contributed by atoms with E-state index < -0.39 is 11.9 Å². The van der Waals surface area contributed by atoms with E-state index in [1.165, 1.54) is 5.56 Å². The number of hydrogen-bond acceptors (Lipinski definition) is 4. The minimum Gasteiger partial charge on any atom is -0.340 e. The van der Waals surface area contributed by atoms with Crippen LogP contribution in [0.3, 0.4) is 0 Å². The van der Waals surface area contributed by atoms with E-state index in [1.807, 2.05) is 18.4 Å². The third kappa shape index (κ3) is 6.12. The zero-order valence-corrected chi connectivity index (χ0v) is 16.5. The molecule has 0 saturated carbocycles. The van der Waals surface area contributed by atoms with Gasteiger partial charge in [0.2, 0.25) is 0 Å². The van der Waals surface area contributed by atoms with Crippen LogP contribution in [-0.4, -0.2) is 35.1 Å². The molecule has 0 unspecified atom stereocenters. The van der Waals surface area contributed by atoms with Crippen LogP contribution in [0, 0.1) is 0 Å². The fraction of sp³-hybridized carbons (Fsp3) is 0.333. The Bertz CT molecular complexity index is 745. The summed E-state index contributed by atoms with van der Waals surface area (Å²) in [6.45, 7) is 2.16. The normalized spacial score (nSPS) is 11.7. The van der Waals surface area contributed by atoms with Crippen molar-refractivity contribution in [1.82, 2.24) is 10.8 Å². The van der Waals surface area contributed by atoms with Crippen LogP contribution in [0.15, 0.2) is 48.5 Å². The van der Waals surface area contributed by atoms with Crippen molar-refractivity contribution < 1.29 is 14.8 Å². The Balaban J connectivity index is 2.06. The highest BCUT2D eigenvalue weighted by Crippen LogP contribution is 2.21. The molecule has 0 saturated heterocycles. The maximum Gasteiger partial charge on any atom is 0.265 e. The van der Waals surface area contributed by atoms with Crippen molar-refractivity contribution in [3.05, 3.63) is 59.7 Å². The molecule has 0 fully saturated rings. The molecule has 0 aliphatic rings. The predicted molar refractivity (Wildman–Crippen MR) is 110 cm³/mol. The average Bonchev–Trinajstić information content (AvgIpc) is 2.71. The third-order valence-electron chi connectivity index (χ3n) is 4.32. The standard InChI is InChI=1S/C21H26N2O3S/c1-3-4-15-5-7-16(8-6-15)17-9-11-18(12-10-17)20(24)22-19(13-14-27-2)21(25)23-26/h5-12,19,26H,3-4,13-14H2,1-2H3,(H,22,24)(H,23,25)/t19-/m0/s1. The van der Waals surface area contributed by atoms with Gasteiger partial charge in [-0.2, -0.15) is 11.8 Å². The van der Waals surface area contributed by atoms with Crippen LogP contribution in [0.25, 0.3) is 11.1 Å². The molecular weight excluding hydrogens is 360 g/mol. The molecule has 144 valence electrons. The molecule has 0 aliphatic carbocycles. The maximum absolute atomic E-state index is 12.4. The predicted octanol–water partition coefficient (Wildman–Crippen LogP) is 3.66. The Kier molecular flexibility index (Phi) is 8.36. The van der Waals surface area contributed by atoms with Gasteiger partial charge in [-0.3, -0.25) is 14.8 Å². The van der Waals surface area contributed by atoms with Crippen molar-refractivity contribution in [3.63, 3.8) is 0 Å². The number of nitrogens with one attached hydrogen (secondary N) is 2. The molecule has 5 nitrogen and oxygen atoms in total. The summed E-state index contributed by atoms with van der Waals surface area (Å²) in [7, 11) is 0. The van der Waals surface area contributed by atoms with Gasteiger partial charge in [0.05, 0.1) is 0 Å². The lowest BCUT2D eigenvalue weighted by Gasteiger charge is -2.16. The van der Waals surface area contributed by atoms with E-state index in [9.17, 15) is 9.59 Å². The van der Waals surface area contributed by atoms with Gasteiger partial charge in [-0.1, -0.05) is 49.7 Å². The number of hydroxylamine groups is 1. The second kappa shape index (κ2) is 10.7. The highest BCUT2D eigenvalue weighted by atomic mass is 32.2. The molecule has 0 radical (unpaired) electrons. The lowest BCUT2D eigenvalue weighted by Crippen LogP contribution is -2.46. The molecule has 0 aliphatic heterocycles. The summed E-state index contributed by atoms with van der Waals surface area (Å²) < 4.78 is 0. The van der Waals surface area contributed by atoms with Crippen LogP contribution < -0.4 is 10.8 Å². The highest BCUT2D eigenvalue weighted by Gasteiger charge is 2.20. The Morgan fingerprint density at radius 1 is 1.04 bits per heavy atom. The molecule has 2 amide bonds. The average molecular weight is 387 g/mol. The van der Waals surface area contributed by atoms with Gasteiger partial charge in [0, 0.05) is 5.56 Å². The fourth-order valence-electron chi connectivity index (χ4n) is 2.79. The largest absolute Gasteiger partial charge is 0.340 e. The lowest BCUT2D eigenvalue weighted by atomic mass is 10.0. The Hall–Kier alpha value is -2.31. The number of hydrogen-bond donors (Lipinski definition) is 3. The van der Waals surface area contributed by atoms with Gasteiger partial charge in [-0.05, 0) is 53.7 Å². The van der Waals surface area contributed by atoms with Crippen molar-refractivity contribution in [2.24, 2.45) is 0 Å². The zero-order valence-electron chi connectivity index (χ0n) is 15.7. The number of thioether (sulfide) groups is 1. The number of carbonyl (C=O) groups is 2. The van der Waals surface area contributed by atoms with Crippen LogP contribution in [0.1, 0.15) is 35.7 Å². The number of carbonyl (C=O) groups excluding carboxylic acids is 2. The van der Waals surface area contributed by atoms with Crippen LogP contribution in [0.4, 0.5) is 0 Å². The van der Waals surface area contributed by atoms with Crippen LogP contribution in [0.2, 0.25) is 0 Å². The van der Waals surface area contributed by atoms with E-state index in [2.05, 4.69) is 36.5 Å². The first kappa shape index (κ1) is 21.0. The van der Waals surface area contributed by atoms with Crippen molar-refractivity contribution in [2.75, 3.05) is 12.0 Å². The molecule has 0 spiro atoms. The Morgan fingerprint density at radius 2 is 1.63 bits per heavy atom. The molecule has 2 aromatic carbocycles. The summed E-state index contributed by atoms with van der Waals surface area (Å²) in [5.41, 5.74) is 5.53. The number of amides is 2. The molecule has 1 atom stereocenters. The second-order valence-electron chi connectivity index (χ2n) is 6.31. The molecule has 6 heteroatoms. The van der Waals surface area contributed by atoms with Gasteiger partial charge >= 0.3 is 0 Å². The van der Waals surface area contributed by atoms with Crippen molar-refractivity contribution in [3.8, 4) is 11.1 Å². The van der Waals surface area contributed by atoms with Gasteiger partial charge in [0.15, 0.2) is 0 Å². The van der Waals surface area contributed by atoms with Gasteiger partial charge in [0.25, 0.3) is 11.8 Å². The fourth-order valence-corrected chi connectivity index (χ4v) is 3.26. The van der Waals surface area contributed by atoms with E-state index >= 15 is 0 Å². The number of aryl methyl sites for hydroxylation is 1. The number of benzene rings is 2. The van der Waals surface area contributed by atoms with Gasteiger partial charge in [-0.15, -0.1) is 0 Å². The summed E-state index contributed by atoms with van der Waals surface area (Å²) in [5, 5.41) is 11.5. The lowest BCUT2D eigenvalue weighted by molar-refractivity contribution is -0.131. The quantitative estimate of drug-likeness (QED) is 0.454. The monoisotopic (exact) mass is 386 g/mol. The molecule has 0 bridgehead atoms. The summed E-state index contributed by atoms with van der Waals surface area (Å²) in [4.78, 5) is 24.1. The maximum atomic E-state index is 12.4.